The summed E-state index contributed by atoms with van der Waals surface area (Å²) >= 11 is 0. The van der Waals surface area contributed by atoms with Crippen molar-refractivity contribution in [3.63, 3.8) is 0 Å². The number of carbonyl (C=O) groups is 2. The monoisotopic (exact) mass is 357 g/mol. The summed E-state index contributed by atoms with van der Waals surface area (Å²) in [6, 6.07) is 8.31. The minimum atomic E-state index is -0.0624. The predicted molar refractivity (Wildman–Crippen MR) is 101 cm³/mol. The molecule has 2 aromatic rings. The summed E-state index contributed by atoms with van der Waals surface area (Å²) in [5, 5.41) is 11.7. The number of hydrogen-bond acceptors (Lipinski definition) is 4. The van der Waals surface area contributed by atoms with Gasteiger partial charge in [0.05, 0.1) is 5.52 Å². The van der Waals surface area contributed by atoms with Crippen molar-refractivity contribution in [3.8, 4) is 0 Å². The fourth-order valence-corrected chi connectivity index (χ4v) is 3.49. The lowest BCUT2D eigenvalue weighted by atomic mass is 10.1. The molecule has 2 heterocycles. The molecule has 2 N–H and O–H groups in total. The molecule has 0 saturated carbocycles. The Morgan fingerprint density at radius 3 is 2.81 bits per heavy atom. The van der Waals surface area contributed by atoms with Crippen LogP contribution in [0.25, 0.3) is 10.9 Å². The summed E-state index contributed by atoms with van der Waals surface area (Å²) in [6.07, 6.45) is 0.811. The van der Waals surface area contributed by atoms with Gasteiger partial charge in [0, 0.05) is 50.6 Å². The second-order valence-electron chi connectivity index (χ2n) is 7.25. The first-order valence-corrected chi connectivity index (χ1v) is 9.10. The van der Waals surface area contributed by atoms with Crippen LogP contribution in [0.1, 0.15) is 43.7 Å². The van der Waals surface area contributed by atoms with Crippen LogP contribution in [0.15, 0.2) is 24.3 Å². The van der Waals surface area contributed by atoms with Crippen molar-refractivity contribution in [2.24, 2.45) is 0 Å². The second kappa shape index (κ2) is 7.45. The molecule has 3 rings (SSSR count). The fraction of sp³-hybridized carbons (Fsp3) is 0.526. The molecule has 0 unspecified atom stereocenters. The molecule has 2 amide bonds. The van der Waals surface area contributed by atoms with Gasteiger partial charge < -0.3 is 15.5 Å². The highest BCUT2D eigenvalue weighted by Gasteiger charge is 2.31. The van der Waals surface area contributed by atoms with Gasteiger partial charge in [-0.25, -0.2) is 0 Å². The highest BCUT2D eigenvalue weighted by Crippen LogP contribution is 2.24. The summed E-state index contributed by atoms with van der Waals surface area (Å²) in [6.45, 7) is 6.93. The summed E-state index contributed by atoms with van der Waals surface area (Å²) in [4.78, 5) is 26.0. The van der Waals surface area contributed by atoms with E-state index in [0.717, 1.165) is 23.9 Å². The summed E-state index contributed by atoms with van der Waals surface area (Å²) in [5.74, 6) is -0.0991. The normalized spacial score (nSPS) is 19.9. The predicted octanol–water partition coefficient (Wildman–Crippen LogP) is 1.56. The number of carbonyl (C=O) groups excluding carboxylic acids is 2. The first kappa shape index (κ1) is 18.4. The summed E-state index contributed by atoms with van der Waals surface area (Å²) < 4.78 is 1.91. The van der Waals surface area contributed by atoms with E-state index < -0.39 is 0 Å². The van der Waals surface area contributed by atoms with Gasteiger partial charge in [-0.15, -0.1) is 0 Å². The van der Waals surface area contributed by atoms with Crippen LogP contribution in [-0.4, -0.2) is 58.7 Å². The maximum atomic E-state index is 13.1. The van der Waals surface area contributed by atoms with Gasteiger partial charge in [0.1, 0.15) is 0 Å². The SMILES string of the molecule is CC(=O)NC[C@@H]1C[C@H](N(C)C(=O)c2nn(C(C)C)c3ccccc23)CN1. The van der Waals surface area contributed by atoms with E-state index in [9.17, 15) is 9.59 Å². The topological polar surface area (TPSA) is 79.3 Å². The first-order valence-electron chi connectivity index (χ1n) is 9.10. The van der Waals surface area contributed by atoms with Crippen LogP contribution in [0.3, 0.4) is 0 Å². The van der Waals surface area contributed by atoms with E-state index in [1.807, 2.05) is 36.0 Å². The van der Waals surface area contributed by atoms with Gasteiger partial charge in [-0.2, -0.15) is 5.10 Å². The Bertz CT molecular complexity index is 813. The molecule has 0 bridgehead atoms. The molecule has 1 aromatic heterocycles. The van der Waals surface area contributed by atoms with Crippen LogP contribution in [-0.2, 0) is 4.79 Å². The number of fused-ring (bicyclic) bond motifs is 1. The largest absolute Gasteiger partial charge is 0.355 e. The Balaban J connectivity index is 1.77. The molecule has 7 heteroatoms. The number of amides is 2. The Kier molecular flexibility index (Phi) is 5.27. The number of benzene rings is 1. The average molecular weight is 357 g/mol. The van der Waals surface area contributed by atoms with Gasteiger partial charge in [-0.3, -0.25) is 14.3 Å². The Morgan fingerprint density at radius 1 is 1.38 bits per heavy atom. The van der Waals surface area contributed by atoms with Gasteiger partial charge in [-0.05, 0) is 26.3 Å². The van der Waals surface area contributed by atoms with Crippen LogP contribution in [0.4, 0.5) is 0 Å². The van der Waals surface area contributed by atoms with Gasteiger partial charge in [-0.1, -0.05) is 18.2 Å². The molecular formula is C19H27N5O2. The molecular weight excluding hydrogens is 330 g/mol. The number of hydrogen-bond donors (Lipinski definition) is 2. The van der Waals surface area contributed by atoms with Crippen molar-refractivity contribution >= 4 is 22.7 Å². The minimum Gasteiger partial charge on any atom is -0.355 e. The molecule has 26 heavy (non-hydrogen) atoms. The van der Waals surface area contributed by atoms with Crippen molar-refractivity contribution in [1.82, 2.24) is 25.3 Å². The number of nitrogens with zero attached hydrogens (tertiary/aromatic N) is 3. The van der Waals surface area contributed by atoms with E-state index in [2.05, 4.69) is 29.6 Å². The Hall–Kier alpha value is -2.41. The third kappa shape index (κ3) is 3.58. The molecule has 1 aromatic carbocycles. The number of aromatic nitrogens is 2. The van der Waals surface area contributed by atoms with Crippen molar-refractivity contribution < 1.29 is 9.59 Å². The van der Waals surface area contributed by atoms with Gasteiger partial charge in [0.25, 0.3) is 5.91 Å². The summed E-state index contributed by atoms with van der Waals surface area (Å²) in [7, 11) is 1.83. The third-order valence-corrected chi connectivity index (χ3v) is 4.97. The van der Waals surface area contributed by atoms with E-state index in [1.165, 1.54) is 6.92 Å². The van der Waals surface area contributed by atoms with E-state index >= 15 is 0 Å². The molecule has 1 aliphatic heterocycles. The number of rotatable bonds is 5. The highest BCUT2D eigenvalue weighted by atomic mass is 16.2. The van der Waals surface area contributed by atoms with E-state index in [4.69, 9.17) is 0 Å². The molecule has 0 aliphatic carbocycles. The second-order valence-corrected chi connectivity index (χ2v) is 7.25. The van der Waals surface area contributed by atoms with Crippen LogP contribution >= 0.6 is 0 Å². The van der Waals surface area contributed by atoms with E-state index in [1.54, 1.807) is 4.90 Å². The minimum absolute atomic E-state index is 0.0367. The van der Waals surface area contributed by atoms with Crippen LogP contribution in [0, 0.1) is 0 Å². The number of nitrogens with one attached hydrogen (secondary N) is 2. The lowest BCUT2D eigenvalue weighted by Gasteiger charge is -2.23. The fourth-order valence-electron chi connectivity index (χ4n) is 3.49. The maximum Gasteiger partial charge on any atom is 0.275 e. The molecule has 0 radical (unpaired) electrons. The molecule has 1 fully saturated rings. The van der Waals surface area contributed by atoms with Crippen molar-refractivity contribution in [2.75, 3.05) is 20.1 Å². The molecule has 0 spiro atoms. The molecule has 2 atom stereocenters. The standard InChI is InChI=1S/C19H27N5O2/c1-12(2)24-17-8-6-5-7-16(17)18(22-24)19(26)23(4)15-9-14(21-11-15)10-20-13(3)25/h5-8,12,14-15,21H,9-11H2,1-4H3,(H,20,25)/t14-,15-/m0/s1. The van der Waals surface area contributed by atoms with Gasteiger partial charge in [0.15, 0.2) is 5.69 Å². The lowest BCUT2D eigenvalue weighted by Crippen LogP contribution is -2.38. The smallest absolute Gasteiger partial charge is 0.275 e. The number of para-hydroxylation sites is 1. The number of likely N-dealkylation sites (N-methyl/N-ethyl adjacent to an activating group) is 1. The van der Waals surface area contributed by atoms with Crippen LogP contribution in [0.5, 0.6) is 0 Å². The lowest BCUT2D eigenvalue weighted by molar-refractivity contribution is -0.119. The van der Waals surface area contributed by atoms with Crippen molar-refractivity contribution in [2.45, 2.75) is 45.3 Å². The zero-order chi connectivity index (χ0) is 18.8. The molecule has 1 saturated heterocycles. The maximum absolute atomic E-state index is 13.1. The highest BCUT2D eigenvalue weighted by molar-refractivity contribution is 6.04. The van der Waals surface area contributed by atoms with E-state index in [0.29, 0.717) is 12.2 Å². The average Bonchev–Trinajstić information content (AvgIpc) is 3.23. The quantitative estimate of drug-likeness (QED) is 0.851. The third-order valence-electron chi connectivity index (χ3n) is 4.97. The molecule has 140 valence electrons. The van der Waals surface area contributed by atoms with E-state index in [-0.39, 0.29) is 29.9 Å². The molecule has 1 aliphatic rings. The van der Waals surface area contributed by atoms with Crippen LogP contribution < -0.4 is 10.6 Å². The Morgan fingerprint density at radius 2 is 2.12 bits per heavy atom. The summed E-state index contributed by atoms with van der Waals surface area (Å²) in [5.41, 5.74) is 1.48. The first-order chi connectivity index (χ1) is 12.4. The zero-order valence-corrected chi connectivity index (χ0v) is 15.8. The molecule has 7 nitrogen and oxygen atoms in total. The van der Waals surface area contributed by atoms with Crippen molar-refractivity contribution in [3.05, 3.63) is 30.0 Å². The van der Waals surface area contributed by atoms with Crippen LogP contribution in [0.2, 0.25) is 0 Å². The van der Waals surface area contributed by atoms with Crippen molar-refractivity contribution in [1.29, 1.82) is 0 Å². The zero-order valence-electron chi connectivity index (χ0n) is 15.8. The van der Waals surface area contributed by atoms with Gasteiger partial charge >= 0.3 is 0 Å². The van der Waals surface area contributed by atoms with Gasteiger partial charge in [0.2, 0.25) is 5.91 Å². The Labute approximate surface area is 153 Å².